The van der Waals surface area contributed by atoms with Crippen molar-refractivity contribution in [3.63, 3.8) is 0 Å². The van der Waals surface area contributed by atoms with E-state index in [9.17, 15) is 20.6 Å². The Balaban J connectivity index is 2.23. The number of non-ortho nitro benzene ring substituents is 1. The van der Waals surface area contributed by atoms with Crippen LogP contribution in [0, 0.1) is 43.6 Å². The molecule has 1 fully saturated rings. The number of methoxy groups -OCH3 is 2. The van der Waals surface area contributed by atoms with E-state index in [2.05, 4.69) is 17.1 Å². The van der Waals surface area contributed by atoms with E-state index in [4.69, 9.17) is 26.8 Å². The lowest BCUT2D eigenvalue weighted by Crippen LogP contribution is -2.90. The second-order valence-electron chi connectivity index (χ2n) is 5.80. The zero-order valence-corrected chi connectivity index (χ0v) is 14.0. The molecule has 1 aromatic carbocycles. The van der Waals surface area contributed by atoms with Crippen molar-refractivity contribution in [2.45, 2.75) is 11.8 Å². The minimum Gasteiger partial charge on any atom is -0.317 e. The summed E-state index contributed by atoms with van der Waals surface area (Å²) in [5.41, 5.74) is 3.28. The van der Waals surface area contributed by atoms with Crippen LogP contribution in [0.5, 0.6) is 0 Å². The van der Waals surface area contributed by atoms with Crippen LogP contribution in [0.2, 0.25) is 5.02 Å². The summed E-state index contributed by atoms with van der Waals surface area (Å²) in [4.78, 5) is 13.1. The third-order valence-electron chi connectivity index (χ3n) is 5.08. The maximum atomic E-state index is 10.9. The average Bonchev–Trinajstić information content (AvgIpc) is 3.16. The smallest absolute Gasteiger partial charge is 0.317 e. The van der Waals surface area contributed by atoms with Gasteiger partial charge in [0.2, 0.25) is 0 Å². The van der Waals surface area contributed by atoms with Crippen molar-refractivity contribution >= 4 is 23.1 Å². The summed E-state index contributed by atoms with van der Waals surface area (Å²) in [5.74, 6) is -2.39. The fraction of sp³-hybridized carbons (Fsp3) is 0.400. The number of nitro groups is 1. The first-order chi connectivity index (χ1) is 11.8. The number of benzene rings is 1. The third kappa shape index (κ3) is 1.65. The lowest BCUT2D eigenvalue weighted by molar-refractivity contribution is -0.687. The van der Waals surface area contributed by atoms with Crippen LogP contribution in [0.3, 0.4) is 0 Å². The van der Waals surface area contributed by atoms with Gasteiger partial charge in [0.1, 0.15) is 0 Å². The van der Waals surface area contributed by atoms with Gasteiger partial charge in [-0.3, -0.25) is 15.8 Å². The van der Waals surface area contributed by atoms with Gasteiger partial charge < -0.3 is 9.47 Å². The van der Waals surface area contributed by atoms with Crippen LogP contribution in [0.1, 0.15) is 11.5 Å². The summed E-state index contributed by atoms with van der Waals surface area (Å²) in [5, 5.41) is 30.7. The number of nitrogens with zero attached hydrogens (tertiary/aromatic N) is 3. The van der Waals surface area contributed by atoms with Crippen molar-refractivity contribution in [2.75, 3.05) is 14.2 Å². The van der Waals surface area contributed by atoms with Crippen molar-refractivity contribution in [3.05, 3.63) is 38.9 Å². The molecule has 0 amide bonds. The molecule has 10 heteroatoms. The molecule has 3 atom stereocenters. The first-order valence-corrected chi connectivity index (χ1v) is 7.47. The van der Waals surface area contributed by atoms with Crippen molar-refractivity contribution < 1.29 is 19.4 Å². The van der Waals surface area contributed by atoms with Gasteiger partial charge in [0.25, 0.3) is 11.5 Å². The second kappa shape index (κ2) is 5.14. The van der Waals surface area contributed by atoms with Crippen LogP contribution in [-0.4, -0.2) is 30.9 Å². The van der Waals surface area contributed by atoms with Crippen molar-refractivity contribution in [1.29, 1.82) is 10.5 Å². The Morgan fingerprint density at radius 1 is 1.36 bits per heavy atom. The van der Waals surface area contributed by atoms with E-state index in [1.807, 2.05) is 0 Å². The number of nitrogens with one attached hydrogen (secondary N) is 1. The number of rotatable bonds is 4. The number of ether oxygens (including phenoxy) is 2. The van der Waals surface area contributed by atoms with E-state index in [0.717, 1.165) is 0 Å². The first kappa shape index (κ1) is 17.1. The Bertz CT molecular complexity index is 900. The van der Waals surface area contributed by atoms with E-state index in [0.29, 0.717) is 5.56 Å². The highest BCUT2D eigenvalue weighted by Crippen LogP contribution is 2.79. The molecule has 2 aliphatic rings. The summed E-state index contributed by atoms with van der Waals surface area (Å²) in [6, 6.07) is 8.06. The zero-order chi connectivity index (χ0) is 18.6. The minimum absolute atomic E-state index is 0.0275. The predicted octanol–water partition coefficient (Wildman–Crippen LogP) is -0.237. The van der Waals surface area contributed by atoms with Gasteiger partial charge in [-0.05, 0) is 5.56 Å². The Hall–Kier alpha value is -2.72. The molecule has 3 rings (SSSR count). The zero-order valence-electron chi connectivity index (χ0n) is 13.2. The Labute approximate surface area is 147 Å². The normalized spacial score (nSPS) is 31.4. The Morgan fingerprint density at radius 3 is 2.44 bits per heavy atom. The van der Waals surface area contributed by atoms with Crippen molar-refractivity contribution in [1.82, 2.24) is 0 Å². The van der Waals surface area contributed by atoms with Crippen LogP contribution in [0.4, 0.5) is 5.69 Å². The van der Waals surface area contributed by atoms with Crippen LogP contribution in [0.15, 0.2) is 18.2 Å². The molecule has 1 aromatic rings. The third-order valence-corrected chi connectivity index (χ3v) is 5.41. The van der Waals surface area contributed by atoms with E-state index in [1.165, 1.54) is 32.4 Å². The number of hydrogen-bond acceptors (Lipinski definition) is 7. The largest absolute Gasteiger partial charge is 0.342 e. The molecule has 1 heterocycles. The van der Waals surface area contributed by atoms with Gasteiger partial charge in [-0.1, -0.05) is 17.7 Å². The molecule has 0 saturated heterocycles. The molecule has 0 unspecified atom stereocenters. The van der Waals surface area contributed by atoms with Gasteiger partial charge in [0, 0.05) is 32.3 Å². The number of hydrogen-bond donors (Lipinski definition) is 2. The SMILES string of the molecule is COC1(OC)[NH+]=C(N)[C@@]2(C#N)[C@H](c3ccc([N+](=O)[O-])cc3Cl)[C@@]12C#N. The van der Waals surface area contributed by atoms with E-state index in [-0.39, 0.29) is 16.5 Å². The first-order valence-electron chi connectivity index (χ1n) is 7.09. The van der Waals surface area contributed by atoms with Crippen LogP contribution >= 0.6 is 11.6 Å². The number of nitro benzene ring substituents is 1. The summed E-state index contributed by atoms with van der Waals surface area (Å²) in [6.07, 6.45) is 0. The molecule has 0 spiro atoms. The molecule has 9 nitrogen and oxygen atoms in total. The maximum absolute atomic E-state index is 10.9. The van der Waals surface area contributed by atoms with E-state index >= 15 is 0 Å². The van der Waals surface area contributed by atoms with E-state index in [1.54, 1.807) is 0 Å². The van der Waals surface area contributed by atoms with Crippen molar-refractivity contribution in [3.8, 4) is 12.1 Å². The molecular weight excluding hydrogens is 350 g/mol. The van der Waals surface area contributed by atoms with Gasteiger partial charge in [-0.2, -0.15) is 10.5 Å². The lowest BCUT2D eigenvalue weighted by atomic mass is 9.93. The molecular formula is C15H13ClN5O4+. The monoisotopic (exact) mass is 362 g/mol. The average molecular weight is 363 g/mol. The summed E-state index contributed by atoms with van der Waals surface area (Å²) in [6.45, 7) is 0. The second-order valence-corrected chi connectivity index (χ2v) is 6.21. The number of fused-ring (bicyclic) bond motifs is 1. The highest BCUT2D eigenvalue weighted by Gasteiger charge is 2.97. The number of amidine groups is 1. The maximum Gasteiger partial charge on any atom is 0.342 e. The van der Waals surface area contributed by atoms with Gasteiger partial charge in [0.05, 0.1) is 22.1 Å². The van der Waals surface area contributed by atoms with Crippen molar-refractivity contribution in [2.24, 2.45) is 16.6 Å². The predicted molar refractivity (Wildman–Crippen MR) is 83.8 cm³/mol. The van der Waals surface area contributed by atoms with Gasteiger partial charge in [-0.15, -0.1) is 0 Å². The summed E-state index contributed by atoms with van der Waals surface area (Å²) < 4.78 is 10.8. The fourth-order valence-corrected chi connectivity index (χ4v) is 4.23. The quantitative estimate of drug-likeness (QED) is 0.426. The van der Waals surface area contributed by atoms with Crippen LogP contribution < -0.4 is 10.7 Å². The molecule has 1 aliphatic carbocycles. The molecule has 0 radical (unpaired) electrons. The standard InChI is InChI=1S/C15H12ClN5O4/c1-24-15(25-2)14(7-18)11(13(14,6-17)12(19)20-15)9-4-3-8(21(22)23)5-10(9)16/h3-5,11H,1-2H3,(H2,19,20)/p+1/t11-,13+,14+/m0/s1. The molecule has 25 heavy (non-hydrogen) atoms. The molecule has 3 N–H and O–H groups in total. The van der Waals surface area contributed by atoms with E-state index < -0.39 is 27.6 Å². The lowest BCUT2D eigenvalue weighted by Gasteiger charge is -2.26. The van der Waals surface area contributed by atoms with Crippen LogP contribution in [-0.2, 0) is 9.47 Å². The molecule has 128 valence electrons. The molecule has 1 aliphatic heterocycles. The number of nitriles is 2. The van der Waals surface area contributed by atoms with Gasteiger partial charge in [-0.25, -0.2) is 4.99 Å². The summed E-state index contributed by atoms with van der Waals surface area (Å²) >= 11 is 6.21. The highest BCUT2D eigenvalue weighted by molar-refractivity contribution is 6.31. The van der Waals surface area contributed by atoms with Crippen LogP contribution in [0.25, 0.3) is 0 Å². The molecule has 0 aromatic heterocycles. The Morgan fingerprint density at radius 2 is 2.00 bits per heavy atom. The van der Waals surface area contributed by atoms with Gasteiger partial charge >= 0.3 is 5.91 Å². The Kier molecular flexibility index (Phi) is 3.52. The highest BCUT2D eigenvalue weighted by atomic mass is 35.5. The minimum atomic E-state index is -1.64. The van der Waals surface area contributed by atoms with Gasteiger partial charge in [0.15, 0.2) is 10.8 Å². The summed E-state index contributed by atoms with van der Waals surface area (Å²) in [7, 11) is 2.65. The fourth-order valence-electron chi connectivity index (χ4n) is 3.94. The number of nitrogens with two attached hydrogens (primary N) is 1. The number of halogens is 1. The molecule has 1 saturated carbocycles. The molecule has 0 bridgehead atoms. The topological polar surface area (TPSA) is 149 Å².